The number of hydrogen-bond donors (Lipinski definition) is 1. The molecule has 6 nitrogen and oxygen atoms in total. The molecule has 0 aliphatic heterocycles. The van der Waals surface area contributed by atoms with Crippen LogP contribution >= 0.6 is 11.8 Å². The van der Waals surface area contributed by atoms with Crippen molar-refractivity contribution >= 4 is 23.9 Å². The number of amides is 1. The van der Waals surface area contributed by atoms with Crippen LogP contribution in [-0.2, 0) is 11.0 Å². The number of rotatable bonds is 7. The molecule has 1 aromatic heterocycles. The third-order valence-electron chi connectivity index (χ3n) is 5.23. The van der Waals surface area contributed by atoms with Crippen molar-refractivity contribution in [2.24, 2.45) is 5.10 Å². The fourth-order valence-electron chi connectivity index (χ4n) is 3.38. The van der Waals surface area contributed by atoms with Crippen molar-refractivity contribution in [1.82, 2.24) is 20.2 Å². The van der Waals surface area contributed by atoms with E-state index in [2.05, 4.69) is 20.7 Å². The van der Waals surface area contributed by atoms with Gasteiger partial charge < -0.3 is 0 Å². The Morgan fingerprint density at radius 3 is 2.28 bits per heavy atom. The second kappa shape index (κ2) is 10.8. The Morgan fingerprint density at radius 1 is 0.972 bits per heavy atom. The first-order valence-electron chi connectivity index (χ1n) is 10.9. The van der Waals surface area contributed by atoms with Gasteiger partial charge in [0.2, 0.25) is 0 Å². The lowest BCUT2D eigenvalue weighted by Crippen LogP contribution is -2.20. The van der Waals surface area contributed by atoms with Crippen LogP contribution in [0.25, 0.3) is 17.1 Å². The average Bonchev–Trinajstić information content (AvgIpc) is 3.27. The number of nitrogens with zero attached hydrogens (tertiary/aromatic N) is 4. The van der Waals surface area contributed by atoms with Crippen LogP contribution in [0.1, 0.15) is 22.3 Å². The quantitative estimate of drug-likeness (QED) is 0.194. The lowest BCUT2D eigenvalue weighted by atomic mass is 10.1. The van der Waals surface area contributed by atoms with Crippen molar-refractivity contribution in [2.75, 3.05) is 5.75 Å². The van der Waals surface area contributed by atoms with Gasteiger partial charge in [-0.05, 0) is 32.0 Å². The van der Waals surface area contributed by atoms with Gasteiger partial charge in [-0.25, -0.2) is 5.43 Å². The summed E-state index contributed by atoms with van der Waals surface area (Å²) in [6.07, 6.45) is -3.53. The molecule has 4 rings (SSSR count). The van der Waals surface area contributed by atoms with Crippen LogP contribution in [0.3, 0.4) is 0 Å². The summed E-state index contributed by atoms with van der Waals surface area (Å²) in [6, 6.07) is 20.7. The zero-order valence-corrected chi connectivity index (χ0v) is 20.3. The summed E-state index contributed by atoms with van der Waals surface area (Å²) in [5, 5.41) is 12.8. The number of nitrogens with one attached hydrogen (secondary N) is 1. The number of aryl methyl sites for hydroxylation is 2. The summed E-state index contributed by atoms with van der Waals surface area (Å²) >= 11 is 1.15. The fourth-order valence-corrected chi connectivity index (χ4v) is 4.13. The molecule has 1 amide bonds. The number of carbonyl (C=O) groups excluding carboxylic acids is 1. The van der Waals surface area contributed by atoms with Crippen LogP contribution in [0.5, 0.6) is 0 Å². The van der Waals surface area contributed by atoms with Crippen molar-refractivity contribution in [3.63, 3.8) is 0 Å². The van der Waals surface area contributed by atoms with Gasteiger partial charge in [-0.1, -0.05) is 77.5 Å². The number of thioether (sulfide) groups is 1. The van der Waals surface area contributed by atoms with Crippen molar-refractivity contribution in [3.05, 3.63) is 95.1 Å². The molecule has 4 aromatic rings. The number of hydrazone groups is 1. The molecular formula is C26H22F3N5OS. The van der Waals surface area contributed by atoms with Gasteiger partial charge in [0.05, 0.1) is 17.5 Å². The van der Waals surface area contributed by atoms with Crippen molar-refractivity contribution < 1.29 is 18.0 Å². The first-order valence-corrected chi connectivity index (χ1v) is 11.9. The largest absolute Gasteiger partial charge is 0.417 e. The molecule has 1 N–H and O–H groups in total. The first kappa shape index (κ1) is 25.2. The second-order valence-corrected chi connectivity index (χ2v) is 8.95. The zero-order valence-electron chi connectivity index (χ0n) is 19.5. The predicted octanol–water partition coefficient (Wildman–Crippen LogP) is 5.81. The van der Waals surface area contributed by atoms with Crippen molar-refractivity contribution in [1.29, 1.82) is 0 Å². The van der Waals surface area contributed by atoms with E-state index >= 15 is 0 Å². The fraction of sp³-hybridized carbons (Fsp3) is 0.154. The highest BCUT2D eigenvalue weighted by molar-refractivity contribution is 7.99. The molecule has 0 saturated carbocycles. The normalized spacial score (nSPS) is 11.7. The van der Waals surface area contributed by atoms with Gasteiger partial charge in [-0.2, -0.15) is 18.3 Å². The molecule has 0 aliphatic rings. The number of aromatic nitrogens is 3. The highest BCUT2D eigenvalue weighted by atomic mass is 32.2. The molecule has 0 bridgehead atoms. The van der Waals surface area contributed by atoms with Crippen LogP contribution < -0.4 is 5.43 Å². The van der Waals surface area contributed by atoms with E-state index in [0.717, 1.165) is 46.4 Å². The zero-order chi connectivity index (χ0) is 25.7. The SMILES string of the molecule is Cc1ccc(-c2nnc(SCC(=O)N/N=C/c3ccccc3C(F)(F)F)n2-c2ccc(C)cc2)cc1. The third kappa shape index (κ3) is 6.01. The lowest BCUT2D eigenvalue weighted by Gasteiger charge is -2.11. The summed E-state index contributed by atoms with van der Waals surface area (Å²) in [7, 11) is 0. The molecule has 0 spiro atoms. The number of alkyl halides is 3. The molecule has 36 heavy (non-hydrogen) atoms. The Hall–Kier alpha value is -3.92. The topological polar surface area (TPSA) is 72.2 Å². The van der Waals surface area contributed by atoms with E-state index in [1.807, 2.05) is 66.9 Å². The lowest BCUT2D eigenvalue weighted by molar-refractivity contribution is -0.137. The maximum absolute atomic E-state index is 13.1. The number of benzene rings is 3. The molecule has 0 radical (unpaired) electrons. The molecule has 0 fully saturated rings. The monoisotopic (exact) mass is 509 g/mol. The van der Waals surface area contributed by atoms with E-state index < -0.39 is 17.6 Å². The predicted molar refractivity (Wildman–Crippen MR) is 134 cm³/mol. The molecule has 10 heteroatoms. The van der Waals surface area contributed by atoms with Gasteiger partial charge in [0, 0.05) is 16.8 Å². The Balaban J connectivity index is 1.51. The van der Waals surface area contributed by atoms with Gasteiger partial charge in [0.1, 0.15) is 0 Å². The molecule has 3 aromatic carbocycles. The molecule has 0 aliphatic carbocycles. The molecule has 0 atom stereocenters. The van der Waals surface area contributed by atoms with E-state index in [1.165, 1.54) is 18.2 Å². The van der Waals surface area contributed by atoms with Crippen LogP contribution in [0.15, 0.2) is 83.1 Å². The van der Waals surface area contributed by atoms with E-state index in [-0.39, 0.29) is 11.3 Å². The number of carbonyl (C=O) groups is 1. The summed E-state index contributed by atoms with van der Waals surface area (Å²) in [6.45, 7) is 3.99. The number of halogens is 3. The summed E-state index contributed by atoms with van der Waals surface area (Å²) in [4.78, 5) is 12.4. The van der Waals surface area contributed by atoms with E-state index in [1.54, 1.807) is 0 Å². The molecule has 0 saturated heterocycles. The third-order valence-corrected chi connectivity index (χ3v) is 6.16. The van der Waals surface area contributed by atoms with Crippen molar-refractivity contribution in [2.45, 2.75) is 25.2 Å². The Kier molecular flexibility index (Phi) is 7.54. The second-order valence-electron chi connectivity index (χ2n) is 8.01. The minimum absolute atomic E-state index is 0.0594. The van der Waals surface area contributed by atoms with Gasteiger partial charge in [-0.3, -0.25) is 9.36 Å². The standard InChI is InChI=1S/C26H22F3N5OS/c1-17-7-11-19(12-8-17)24-32-33-25(34(24)21-13-9-18(2)10-14-21)36-16-23(35)31-30-15-20-5-3-4-6-22(20)26(27,28)29/h3-15H,16H2,1-2H3,(H,31,35)/b30-15+. The highest BCUT2D eigenvalue weighted by Gasteiger charge is 2.32. The van der Waals surface area contributed by atoms with Gasteiger partial charge >= 0.3 is 6.18 Å². The Labute approximate surface area is 210 Å². The minimum Gasteiger partial charge on any atom is -0.272 e. The van der Waals surface area contributed by atoms with E-state index in [0.29, 0.717) is 11.0 Å². The van der Waals surface area contributed by atoms with Crippen LogP contribution in [0, 0.1) is 13.8 Å². The van der Waals surface area contributed by atoms with Crippen LogP contribution in [-0.4, -0.2) is 32.6 Å². The maximum Gasteiger partial charge on any atom is 0.417 e. The maximum atomic E-state index is 13.1. The molecule has 1 heterocycles. The van der Waals surface area contributed by atoms with Gasteiger partial charge in [0.15, 0.2) is 11.0 Å². The van der Waals surface area contributed by atoms with E-state index in [4.69, 9.17) is 0 Å². The van der Waals surface area contributed by atoms with E-state index in [9.17, 15) is 18.0 Å². The summed E-state index contributed by atoms with van der Waals surface area (Å²) < 4.78 is 41.2. The van der Waals surface area contributed by atoms with Crippen LogP contribution in [0.2, 0.25) is 0 Å². The summed E-state index contributed by atoms with van der Waals surface area (Å²) in [5.74, 6) is 0.0792. The Morgan fingerprint density at radius 2 is 1.61 bits per heavy atom. The average molecular weight is 510 g/mol. The number of hydrogen-bond acceptors (Lipinski definition) is 5. The minimum atomic E-state index is -4.52. The van der Waals surface area contributed by atoms with Crippen LogP contribution in [0.4, 0.5) is 13.2 Å². The molecule has 184 valence electrons. The van der Waals surface area contributed by atoms with Gasteiger partial charge in [-0.15, -0.1) is 10.2 Å². The van der Waals surface area contributed by atoms with Gasteiger partial charge in [0.25, 0.3) is 5.91 Å². The van der Waals surface area contributed by atoms with Crippen molar-refractivity contribution in [3.8, 4) is 17.1 Å². The molecule has 0 unspecified atom stereocenters. The summed E-state index contributed by atoms with van der Waals surface area (Å²) in [5.41, 5.74) is 5.24. The first-order chi connectivity index (χ1) is 17.2. The molecular weight excluding hydrogens is 487 g/mol. The smallest absolute Gasteiger partial charge is 0.272 e. The Bertz CT molecular complexity index is 1380. The highest BCUT2D eigenvalue weighted by Crippen LogP contribution is 2.31.